The minimum Gasteiger partial charge on any atom is -0.352 e. The predicted molar refractivity (Wildman–Crippen MR) is 92.1 cm³/mol. The van der Waals surface area contributed by atoms with Gasteiger partial charge in [-0.15, -0.1) is 0 Å². The van der Waals surface area contributed by atoms with Crippen LogP contribution in [0.5, 0.6) is 0 Å². The van der Waals surface area contributed by atoms with E-state index in [0.29, 0.717) is 6.61 Å². The third kappa shape index (κ3) is 4.40. The van der Waals surface area contributed by atoms with Crippen LogP contribution < -0.4 is 0 Å². The molecule has 0 radical (unpaired) electrons. The Labute approximate surface area is 145 Å². The number of rotatable bonds is 9. The number of hydrogen-bond donors (Lipinski definition) is 1. The van der Waals surface area contributed by atoms with Gasteiger partial charge in [-0.3, -0.25) is 4.55 Å². The summed E-state index contributed by atoms with van der Waals surface area (Å²) in [7, 11) is -4.00. The lowest BCUT2D eigenvalue weighted by atomic mass is 9.49. The molecular weight excluding hydrogens is 328 g/mol. The summed E-state index contributed by atoms with van der Waals surface area (Å²) in [6, 6.07) is 0. The van der Waals surface area contributed by atoms with Crippen LogP contribution in [0, 0.1) is 23.2 Å². The fraction of sp³-hybridized carbons (Fsp3) is 0.889. The maximum atomic E-state index is 11.0. The van der Waals surface area contributed by atoms with Gasteiger partial charge in [0.05, 0.1) is 19.0 Å². The molecule has 4 aliphatic rings. The fourth-order valence-corrected chi connectivity index (χ4v) is 5.85. The summed E-state index contributed by atoms with van der Waals surface area (Å²) in [5, 5.41) is 0. The zero-order valence-corrected chi connectivity index (χ0v) is 15.3. The fourth-order valence-electron chi connectivity index (χ4n) is 5.54. The van der Waals surface area contributed by atoms with Crippen LogP contribution in [0.15, 0.2) is 12.2 Å². The van der Waals surface area contributed by atoms with Crippen LogP contribution in [0.1, 0.15) is 51.9 Å². The Kier molecular flexibility index (Phi) is 5.69. The van der Waals surface area contributed by atoms with E-state index in [0.717, 1.165) is 43.4 Å². The van der Waals surface area contributed by atoms with Crippen LogP contribution in [-0.4, -0.2) is 38.2 Å². The van der Waals surface area contributed by atoms with E-state index in [1.165, 1.54) is 19.3 Å². The van der Waals surface area contributed by atoms with Gasteiger partial charge in [-0.25, -0.2) is 0 Å². The highest BCUT2D eigenvalue weighted by molar-refractivity contribution is 7.85. The Hall–Kier alpha value is -0.430. The van der Waals surface area contributed by atoms with Gasteiger partial charge >= 0.3 is 0 Å². The van der Waals surface area contributed by atoms with Gasteiger partial charge in [0.1, 0.15) is 0 Å². The lowest BCUT2D eigenvalue weighted by molar-refractivity contribution is -0.248. The molecule has 4 fully saturated rings. The molecule has 4 aliphatic carbocycles. The molecule has 1 unspecified atom stereocenters. The zero-order valence-electron chi connectivity index (χ0n) is 14.5. The van der Waals surface area contributed by atoms with Crippen molar-refractivity contribution in [3.63, 3.8) is 0 Å². The smallest absolute Gasteiger partial charge is 0.267 e. The van der Waals surface area contributed by atoms with Crippen molar-refractivity contribution >= 4 is 10.1 Å². The third-order valence-electron chi connectivity index (χ3n) is 5.99. The van der Waals surface area contributed by atoms with Crippen molar-refractivity contribution in [1.82, 2.24) is 0 Å². The molecule has 0 aromatic carbocycles. The Morgan fingerprint density at radius 2 is 1.62 bits per heavy atom. The first-order valence-electron chi connectivity index (χ1n) is 9.20. The summed E-state index contributed by atoms with van der Waals surface area (Å²) < 4.78 is 42.9. The van der Waals surface area contributed by atoms with E-state index in [4.69, 9.17) is 14.0 Å². The highest BCUT2D eigenvalue weighted by atomic mass is 32.2. The number of ether oxygens (including phenoxy) is 2. The van der Waals surface area contributed by atoms with Gasteiger partial charge in [0.2, 0.25) is 0 Å². The van der Waals surface area contributed by atoms with Gasteiger partial charge in [0.15, 0.2) is 6.29 Å². The topological polar surface area (TPSA) is 72.8 Å². The molecule has 1 atom stereocenters. The Morgan fingerprint density at radius 3 is 2.12 bits per heavy atom. The lowest BCUT2D eigenvalue weighted by Crippen LogP contribution is -2.53. The Balaban J connectivity index is 1.66. The quantitative estimate of drug-likeness (QED) is 0.296. The van der Waals surface area contributed by atoms with E-state index >= 15 is 0 Å². The van der Waals surface area contributed by atoms with Gasteiger partial charge in [0.25, 0.3) is 10.1 Å². The van der Waals surface area contributed by atoms with Crippen molar-refractivity contribution in [3.05, 3.63) is 12.2 Å². The van der Waals surface area contributed by atoms with Crippen molar-refractivity contribution in [2.24, 2.45) is 23.2 Å². The van der Waals surface area contributed by atoms with Crippen molar-refractivity contribution < 1.29 is 22.4 Å². The van der Waals surface area contributed by atoms with Crippen LogP contribution in [0.3, 0.4) is 0 Å². The van der Waals surface area contributed by atoms with Crippen molar-refractivity contribution in [3.8, 4) is 0 Å². The number of hydrogen-bond acceptors (Lipinski definition) is 4. The van der Waals surface area contributed by atoms with Gasteiger partial charge in [-0.1, -0.05) is 12.2 Å². The summed E-state index contributed by atoms with van der Waals surface area (Å²) in [4.78, 5) is 0. The first-order chi connectivity index (χ1) is 11.4. The van der Waals surface area contributed by atoms with Gasteiger partial charge in [-0.05, 0) is 69.6 Å². The van der Waals surface area contributed by atoms with E-state index in [9.17, 15) is 8.42 Å². The maximum absolute atomic E-state index is 11.0. The minimum absolute atomic E-state index is 0.00509. The van der Waals surface area contributed by atoms with Crippen LogP contribution in [-0.2, 0) is 19.6 Å². The molecule has 5 nitrogen and oxygen atoms in total. The highest BCUT2D eigenvalue weighted by Gasteiger charge is 2.55. The van der Waals surface area contributed by atoms with Crippen molar-refractivity contribution in [2.45, 2.75) is 58.2 Å². The largest absolute Gasteiger partial charge is 0.352 e. The molecule has 0 aliphatic heterocycles. The summed E-state index contributed by atoms with van der Waals surface area (Å²) >= 11 is 0. The molecule has 4 saturated carbocycles. The predicted octanol–water partition coefficient (Wildman–Crippen LogP) is 3.42. The first-order valence-corrected chi connectivity index (χ1v) is 10.8. The molecule has 138 valence electrons. The Morgan fingerprint density at radius 1 is 1.08 bits per heavy atom. The normalized spacial score (nSPS) is 36.5. The standard InChI is InChI=1S/C18H30O5S/c1-2-3-4-5-22-17(23-6-7-24(19,20)21)18-11-14-8-15(12-18)10-16(9-14)13-18/h2-3,14-17H,4-13H2,1H3,(H,19,20,21)/b3-2-. The van der Waals surface area contributed by atoms with E-state index in [1.807, 2.05) is 13.0 Å². The average molecular weight is 359 g/mol. The molecule has 0 amide bonds. The molecule has 0 heterocycles. The van der Waals surface area contributed by atoms with Gasteiger partial charge in [-0.2, -0.15) is 8.42 Å². The van der Waals surface area contributed by atoms with E-state index in [-0.39, 0.29) is 24.1 Å². The summed E-state index contributed by atoms with van der Waals surface area (Å²) in [5.74, 6) is 1.97. The number of allylic oxidation sites excluding steroid dienone is 1. The van der Waals surface area contributed by atoms with Crippen LogP contribution in [0.4, 0.5) is 0 Å². The first kappa shape index (κ1) is 18.4. The maximum Gasteiger partial charge on any atom is 0.267 e. The second-order valence-electron chi connectivity index (χ2n) is 8.00. The van der Waals surface area contributed by atoms with Crippen molar-refractivity contribution in [1.29, 1.82) is 0 Å². The second kappa shape index (κ2) is 7.44. The summed E-state index contributed by atoms with van der Waals surface area (Å²) in [6.45, 7) is 2.57. The molecule has 0 spiro atoms. The third-order valence-corrected chi connectivity index (χ3v) is 6.67. The summed E-state index contributed by atoms with van der Waals surface area (Å²) in [5.41, 5.74) is 0.0455. The molecule has 0 aromatic rings. The molecule has 4 rings (SSSR count). The van der Waals surface area contributed by atoms with Crippen molar-refractivity contribution in [2.75, 3.05) is 19.0 Å². The van der Waals surface area contributed by atoms with E-state index < -0.39 is 10.1 Å². The second-order valence-corrected chi connectivity index (χ2v) is 9.57. The SMILES string of the molecule is C/C=C\CCOC(OCCS(=O)(=O)O)C12CC3CC(CC(C3)C1)C2. The van der Waals surface area contributed by atoms with Gasteiger partial charge < -0.3 is 9.47 Å². The van der Waals surface area contributed by atoms with Gasteiger partial charge in [0, 0.05) is 5.41 Å². The monoisotopic (exact) mass is 358 g/mol. The van der Waals surface area contributed by atoms with Crippen LogP contribution >= 0.6 is 0 Å². The zero-order chi connectivity index (χ0) is 17.2. The molecule has 4 bridgehead atoms. The van der Waals surface area contributed by atoms with Crippen LogP contribution in [0.2, 0.25) is 0 Å². The molecule has 24 heavy (non-hydrogen) atoms. The Bertz CT molecular complexity index is 518. The minimum atomic E-state index is -4.00. The lowest BCUT2D eigenvalue weighted by Gasteiger charge is -2.58. The molecule has 6 heteroatoms. The molecule has 0 aromatic heterocycles. The molecule has 0 saturated heterocycles. The highest BCUT2D eigenvalue weighted by Crippen LogP contribution is 2.61. The molecular formula is C18H30O5S. The van der Waals surface area contributed by atoms with Crippen LogP contribution in [0.25, 0.3) is 0 Å². The average Bonchev–Trinajstić information content (AvgIpc) is 2.47. The summed E-state index contributed by atoms with van der Waals surface area (Å²) in [6.07, 6.45) is 12.0. The molecule has 1 N–H and O–H groups in total. The van der Waals surface area contributed by atoms with E-state index in [2.05, 4.69) is 6.08 Å². The van der Waals surface area contributed by atoms with E-state index in [1.54, 1.807) is 0 Å².